The first-order chi connectivity index (χ1) is 8.74. The lowest BCUT2D eigenvalue weighted by Gasteiger charge is -2.34. The zero-order chi connectivity index (χ0) is 12.5. The van der Waals surface area contributed by atoms with Crippen LogP contribution in [0.15, 0.2) is 28.7 Å². The summed E-state index contributed by atoms with van der Waals surface area (Å²) in [6.07, 6.45) is 1.14. The molecule has 1 amide bonds. The number of hydrogen-bond donors (Lipinski definition) is 1. The molecule has 0 saturated carbocycles. The fourth-order valence-electron chi connectivity index (χ4n) is 2.99. The van der Waals surface area contributed by atoms with Gasteiger partial charge in [0.2, 0.25) is 0 Å². The molecule has 0 radical (unpaired) electrons. The van der Waals surface area contributed by atoms with Crippen LogP contribution in [0.4, 0.5) is 0 Å². The molecule has 2 heterocycles. The van der Waals surface area contributed by atoms with Gasteiger partial charge in [-0.25, -0.2) is 0 Å². The van der Waals surface area contributed by atoms with E-state index in [-0.39, 0.29) is 5.91 Å². The summed E-state index contributed by atoms with van der Waals surface area (Å²) in [6.45, 7) is 4.00. The van der Waals surface area contributed by atoms with Crippen LogP contribution in [0.3, 0.4) is 0 Å². The van der Waals surface area contributed by atoms with Crippen LogP contribution in [-0.4, -0.2) is 37.0 Å². The second kappa shape index (κ2) is 5.02. The van der Waals surface area contributed by atoms with Crippen LogP contribution < -0.4 is 5.32 Å². The highest BCUT2D eigenvalue weighted by atomic mass is 79.9. The minimum absolute atomic E-state index is 0.174. The van der Waals surface area contributed by atoms with Crippen molar-refractivity contribution < 1.29 is 4.79 Å². The van der Waals surface area contributed by atoms with Crippen LogP contribution in [0.1, 0.15) is 16.8 Å². The molecule has 0 aromatic heterocycles. The molecule has 1 aromatic carbocycles. The van der Waals surface area contributed by atoms with Crippen molar-refractivity contribution >= 4 is 21.8 Å². The lowest BCUT2D eigenvalue weighted by molar-refractivity contribution is 0.0642. The minimum Gasteiger partial charge on any atom is -0.338 e. The van der Waals surface area contributed by atoms with Gasteiger partial charge in [-0.1, -0.05) is 15.9 Å². The molecule has 2 saturated heterocycles. The Morgan fingerprint density at radius 2 is 1.94 bits per heavy atom. The van der Waals surface area contributed by atoms with Crippen molar-refractivity contribution in [1.82, 2.24) is 10.2 Å². The van der Waals surface area contributed by atoms with Crippen LogP contribution in [0.25, 0.3) is 0 Å². The molecule has 1 aromatic rings. The van der Waals surface area contributed by atoms with Gasteiger partial charge in [0.15, 0.2) is 0 Å². The lowest BCUT2D eigenvalue weighted by Crippen LogP contribution is -2.43. The van der Waals surface area contributed by atoms with E-state index >= 15 is 0 Å². The highest BCUT2D eigenvalue weighted by molar-refractivity contribution is 9.10. The summed E-state index contributed by atoms with van der Waals surface area (Å²) < 4.78 is 1.01. The summed E-state index contributed by atoms with van der Waals surface area (Å²) in [6, 6.07) is 7.64. The number of benzene rings is 1. The summed E-state index contributed by atoms with van der Waals surface area (Å²) in [7, 11) is 0. The molecule has 0 spiro atoms. The number of piperidine rings is 1. The lowest BCUT2D eigenvalue weighted by atomic mass is 9.88. The van der Waals surface area contributed by atoms with Crippen LogP contribution >= 0.6 is 15.9 Å². The Hall–Kier alpha value is -0.870. The number of amides is 1. The van der Waals surface area contributed by atoms with Crippen molar-refractivity contribution in [1.29, 1.82) is 0 Å². The first-order valence-electron chi connectivity index (χ1n) is 6.49. The Kier molecular flexibility index (Phi) is 3.39. The monoisotopic (exact) mass is 308 g/mol. The Morgan fingerprint density at radius 1 is 1.22 bits per heavy atom. The molecule has 96 valence electrons. The number of likely N-dealkylation sites (tertiary alicyclic amines) is 1. The zero-order valence-electron chi connectivity index (χ0n) is 10.2. The normalized spacial score (nSPS) is 27.1. The average molecular weight is 309 g/mol. The first kappa shape index (κ1) is 12.2. The molecular formula is C14H17BrN2O. The second-order valence-corrected chi connectivity index (χ2v) is 6.14. The fraction of sp³-hybridized carbons (Fsp3) is 0.500. The van der Waals surface area contributed by atoms with Crippen molar-refractivity contribution in [3.8, 4) is 0 Å². The molecule has 0 bridgehead atoms. The van der Waals surface area contributed by atoms with E-state index in [1.54, 1.807) is 0 Å². The van der Waals surface area contributed by atoms with Gasteiger partial charge < -0.3 is 10.2 Å². The van der Waals surface area contributed by atoms with Gasteiger partial charge in [0.05, 0.1) is 0 Å². The third kappa shape index (κ3) is 2.31. The quantitative estimate of drug-likeness (QED) is 0.862. The molecule has 3 nitrogen and oxygen atoms in total. The van der Waals surface area contributed by atoms with Gasteiger partial charge in [-0.3, -0.25) is 4.79 Å². The Labute approximate surface area is 116 Å². The third-order valence-corrected chi connectivity index (χ3v) is 4.61. The SMILES string of the molecule is O=C(c1ccc(Br)cc1)N1CCC2CNCC2C1. The van der Waals surface area contributed by atoms with E-state index in [0.717, 1.165) is 48.6 Å². The van der Waals surface area contributed by atoms with Gasteiger partial charge >= 0.3 is 0 Å². The smallest absolute Gasteiger partial charge is 0.253 e. The third-order valence-electron chi connectivity index (χ3n) is 4.08. The Bertz CT molecular complexity index is 446. The Balaban J connectivity index is 1.71. The minimum atomic E-state index is 0.174. The molecule has 3 rings (SSSR count). The highest BCUT2D eigenvalue weighted by Crippen LogP contribution is 2.27. The van der Waals surface area contributed by atoms with Gasteiger partial charge in [-0.15, -0.1) is 0 Å². The molecule has 2 aliphatic heterocycles. The summed E-state index contributed by atoms with van der Waals surface area (Å²) in [5.41, 5.74) is 0.794. The predicted molar refractivity (Wildman–Crippen MR) is 74.5 cm³/mol. The number of rotatable bonds is 1. The largest absolute Gasteiger partial charge is 0.338 e. The van der Waals surface area contributed by atoms with Gasteiger partial charge in [0.1, 0.15) is 0 Å². The molecule has 2 unspecified atom stereocenters. The molecule has 0 aliphatic carbocycles. The van der Waals surface area contributed by atoms with Crippen LogP contribution in [0.2, 0.25) is 0 Å². The van der Waals surface area contributed by atoms with E-state index in [1.165, 1.54) is 0 Å². The second-order valence-electron chi connectivity index (χ2n) is 5.23. The molecule has 2 fully saturated rings. The number of nitrogens with zero attached hydrogens (tertiary/aromatic N) is 1. The number of fused-ring (bicyclic) bond motifs is 1. The molecule has 1 N–H and O–H groups in total. The van der Waals surface area contributed by atoms with Gasteiger partial charge in [-0.2, -0.15) is 0 Å². The number of hydrogen-bond acceptors (Lipinski definition) is 2. The standard InChI is InChI=1S/C14H17BrN2O/c15-13-3-1-10(2-4-13)14(18)17-6-5-11-7-16-8-12(11)9-17/h1-4,11-12,16H,5-9H2. The molecule has 18 heavy (non-hydrogen) atoms. The molecule has 4 heteroatoms. The highest BCUT2D eigenvalue weighted by Gasteiger charge is 2.34. The van der Waals surface area contributed by atoms with Crippen LogP contribution in [0, 0.1) is 11.8 Å². The fourth-order valence-corrected chi connectivity index (χ4v) is 3.26. The van der Waals surface area contributed by atoms with E-state index in [1.807, 2.05) is 29.2 Å². The number of nitrogens with one attached hydrogen (secondary N) is 1. The molecular weight excluding hydrogens is 292 g/mol. The van der Waals surface area contributed by atoms with E-state index in [4.69, 9.17) is 0 Å². The van der Waals surface area contributed by atoms with E-state index in [9.17, 15) is 4.79 Å². The summed E-state index contributed by atoms with van der Waals surface area (Å²) >= 11 is 3.39. The van der Waals surface area contributed by atoms with Crippen molar-refractivity contribution in [3.63, 3.8) is 0 Å². The summed E-state index contributed by atoms with van der Waals surface area (Å²) in [5, 5.41) is 3.43. The Morgan fingerprint density at radius 3 is 2.72 bits per heavy atom. The summed E-state index contributed by atoms with van der Waals surface area (Å²) in [5.74, 6) is 1.60. The van der Waals surface area contributed by atoms with Crippen LogP contribution in [-0.2, 0) is 0 Å². The van der Waals surface area contributed by atoms with Crippen LogP contribution in [0.5, 0.6) is 0 Å². The molecule has 2 aliphatic rings. The van der Waals surface area contributed by atoms with Crippen molar-refractivity contribution in [2.45, 2.75) is 6.42 Å². The van der Waals surface area contributed by atoms with E-state index in [0.29, 0.717) is 5.92 Å². The maximum Gasteiger partial charge on any atom is 0.253 e. The van der Waals surface area contributed by atoms with Gasteiger partial charge in [0.25, 0.3) is 5.91 Å². The first-order valence-corrected chi connectivity index (χ1v) is 7.29. The van der Waals surface area contributed by atoms with Gasteiger partial charge in [-0.05, 0) is 55.6 Å². The number of carbonyl (C=O) groups excluding carboxylic acids is 1. The van der Waals surface area contributed by atoms with Crippen molar-refractivity contribution in [2.24, 2.45) is 11.8 Å². The summed E-state index contributed by atoms with van der Waals surface area (Å²) in [4.78, 5) is 14.4. The maximum atomic E-state index is 12.4. The maximum absolute atomic E-state index is 12.4. The molecule has 2 atom stereocenters. The number of carbonyl (C=O) groups is 1. The zero-order valence-corrected chi connectivity index (χ0v) is 11.8. The number of halogens is 1. The topological polar surface area (TPSA) is 32.3 Å². The van der Waals surface area contributed by atoms with E-state index in [2.05, 4.69) is 21.2 Å². The van der Waals surface area contributed by atoms with Gasteiger partial charge in [0, 0.05) is 23.1 Å². The predicted octanol–water partition coefficient (Wildman–Crippen LogP) is 2.13. The van der Waals surface area contributed by atoms with E-state index < -0.39 is 0 Å². The average Bonchev–Trinajstić information content (AvgIpc) is 2.86. The van der Waals surface area contributed by atoms with Crippen molar-refractivity contribution in [2.75, 3.05) is 26.2 Å². The van der Waals surface area contributed by atoms with Crippen molar-refractivity contribution in [3.05, 3.63) is 34.3 Å².